The first-order valence-electron chi connectivity index (χ1n) is 4.75. The van der Waals surface area contributed by atoms with Gasteiger partial charge in [0.15, 0.2) is 11.6 Å². The Morgan fingerprint density at radius 2 is 2.33 bits per heavy atom. The lowest BCUT2D eigenvalue weighted by molar-refractivity contribution is 0.188. The number of rotatable bonds is 5. The van der Waals surface area contributed by atoms with Crippen molar-refractivity contribution in [1.29, 1.82) is 0 Å². The zero-order chi connectivity index (χ0) is 11.3. The summed E-state index contributed by atoms with van der Waals surface area (Å²) in [5, 5.41) is 14.5. The van der Waals surface area contributed by atoms with E-state index in [4.69, 9.17) is 5.11 Å². The molecule has 0 aliphatic rings. The molecule has 1 unspecified atom stereocenters. The Morgan fingerprint density at radius 3 is 2.93 bits per heavy atom. The molecule has 3 N–H and O–H groups in total. The van der Waals surface area contributed by atoms with Crippen molar-refractivity contribution in [1.82, 2.24) is 9.97 Å². The Labute approximate surface area is 87.8 Å². The van der Waals surface area contributed by atoms with Crippen LogP contribution in [0.4, 0.5) is 16.2 Å². The fourth-order valence-corrected chi connectivity index (χ4v) is 1.01. The first-order chi connectivity index (χ1) is 7.13. The summed E-state index contributed by atoms with van der Waals surface area (Å²) in [6.07, 6.45) is 1.23. The Hall–Kier alpha value is -1.43. The van der Waals surface area contributed by atoms with Crippen LogP contribution in [0.1, 0.15) is 13.3 Å². The molecule has 0 saturated heterocycles. The van der Waals surface area contributed by atoms with Gasteiger partial charge in [0.1, 0.15) is 0 Å². The topological polar surface area (TPSA) is 70.1 Å². The van der Waals surface area contributed by atoms with Crippen LogP contribution >= 0.6 is 0 Å². The van der Waals surface area contributed by atoms with E-state index in [-0.39, 0.29) is 5.82 Å². The third-order valence-electron chi connectivity index (χ3n) is 1.82. The van der Waals surface area contributed by atoms with Gasteiger partial charge in [0.25, 0.3) is 0 Å². The van der Waals surface area contributed by atoms with Gasteiger partial charge in [-0.1, -0.05) is 0 Å². The second kappa shape index (κ2) is 5.45. The van der Waals surface area contributed by atoms with Gasteiger partial charge >= 0.3 is 0 Å². The van der Waals surface area contributed by atoms with Crippen molar-refractivity contribution < 1.29 is 9.50 Å². The predicted molar refractivity (Wildman–Crippen MR) is 56.3 cm³/mol. The Bertz CT molecular complexity index is 319. The van der Waals surface area contributed by atoms with Gasteiger partial charge in [0.2, 0.25) is 5.95 Å². The van der Waals surface area contributed by atoms with Crippen molar-refractivity contribution in [3.05, 3.63) is 12.0 Å². The summed E-state index contributed by atoms with van der Waals surface area (Å²) >= 11 is 0. The second-order valence-corrected chi connectivity index (χ2v) is 3.20. The summed E-state index contributed by atoms with van der Waals surface area (Å²) in [5.74, 6) is 0.00513. The molecule has 1 heterocycles. The van der Waals surface area contributed by atoms with Gasteiger partial charge in [-0.15, -0.1) is 0 Å². The molecule has 0 bridgehead atoms. The highest BCUT2D eigenvalue weighted by molar-refractivity contribution is 5.40. The molecule has 0 radical (unpaired) electrons. The lowest BCUT2D eigenvalue weighted by Crippen LogP contribution is -2.12. The monoisotopic (exact) mass is 214 g/mol. The van der Waals surface area contributed by atoms with E-state index in [1.807, 2.05) is 0 Å². The van der Waals surface area contributed by atoms with Gasteiger partial charge in [-0.25, -0.2) is 9.37 Å². The summed E-state index contributed by atoms with van der Waals surface area (Å²) in [5.41, 5.74) is 0. The van der Waals surface area contributed by atoms with Gasteiger partial charge in [-0.3, -0.25) is 0 Å². The molecule has 1 rings (SSSR count). The van der Waals surface area contributed by atoms with E-state index in [9.17, 15) is 4.39 Å². The fourth-order valence-electron chi connectivity index (χ4n) is 1.01. The molecule has 1 aromatic rings. The van der Waals surface area contributed by atoms with Crippen LogP contribution in [0, 0.1) is 5.82 Å². The normalized spacial score (nSPS) is 12.3. The summed E-state index contributed by atoms with van der Waals surface area (Å²) in [4.78, 5) is 7.61. The maximum Gasteiger partial charge on any atom is 0.224 e. The summed E-state index contributed by atoms with van der Waals surface area (Å²) < 4.78 is 13.2. The number of aliphatic hydroxyl groups excluding tert-OH is 1. The van der Waals surface area contributed by atoms with Gasteiger partial charge in [0, 0.05) is 13.6 Å². The van der Waals surface area contributed by atoms with E-state index in [1.165, 1.54) is 0 Å². The number of hydrogen-bond acceptors (Lipinski definition) is 5. The third kappa shape index (κ3) is 3.67. The van der Waals surface area contributed by atoms with Gasteiger partial charge in [-0.05, 0) is 13.3 Å². The number of nitrogens with one attached hydrogen (secondary N) is 2. The van der Waals surface area contributed by atoms with Crippen molar-refractivity contribution in [3.8, 4) is 0 Å². The summed E-state index contributed by atoms with van der Waals surface area (Å²) in [6, 6.07) is 0. The first kappa shape index (κ1) is 11.6. The lowest BCUT2D eigenvalue weighted by Gasteiger charge is -2.08. The minimum atomic E-state index is -0.500. The molecule has 0 aliphatic heterocycles. The smallest absolute Gasteiger partial charge is 0.224 e. The molecule has 84 valence electrons. The lowest BCUT2D eigenvalue weighted by atomic mass is 10.3. The number of anilines is 2. The van der Waals surface area contributed by atoms with Crippen LogP contribution in [0.15, 0.2) is 6.20 Å². The van der Waals surface area contributed by atoms with Gasteiger partial charge in [-0.2, -0.15) is 4.98 Å². The third-order valence-corrected chi connectivity index (χ3v) is 1.82. The molecule has 15 heavy (non-hydrogen) atoms. The van der Waals surface area contributed by atoms with Crippen molar-refractivity contribution in [2.24, 2.45) is 0 Å². The van der Waals surface area contributed by atoms with E-state index in [0.29, 0.717) is 18.9 Å². The van der Waals surface area contributed by atoms with Crippen molar-refractivity contribution in [3.63, 3.8) is 0 Å². The Balaban J connectivity index is 2.59. The van der Waals surface area contributed by atoms with Crippen LogP contribution in [0.2, 0.25) is 0 Å². The molecule has 5 nitrogen and oxygen atoms in total. The average Bonchev–Trinajstić information content (AvgIpc) is 2.20. The molecule has 0 amide bonds. The van der Waals surface area contributed by atoms with Crippen LogP contribution in [-0.2, 0) is 0 Å². The summed E-state index contributed by atoms with van der Waals surface area (Å²) in [6.45, 7) is 2.14. The minimum Gasteiger partial charge on any atom is -0.393 e. The van der Waals surface area contributed by atoms with Crippen LogP contribution in [0.25, 0.3) is 0 Å². The molecule has 0 fully saturated rings. The van der Waals surface area contributed by atoms with E-state index in [1.54, 1.807) is 14.0 Å². The van der Waals surface area contributed by atoms with Crippen molar-refractivity contribution >= 4 is 11.8 Å². The van der Waals surface area contributed by atoms with Crippen LogP contribution in [-0.4, -0.2) is 34.8 Å². The van der Waals surface area contributed by atoms with Crippen LogP contribution < -0.4 is 10.6 Å². The maximum absolute atomic E-state index is 13.2. The molecular weight excluding hydrogens is 199 g/mol. The zero-order valence-corrected chi connectivity index (χ0v) is 8.79. The Kier molecular flexibility index (Phi) is 4.23. The SMILES string of the molecule is CNc1ncc(F)c(NCCC(C)O)n1. The highest BCUT2D eigenvalue weighted by Crippen LogP contribution is 2.11. The first-order valence-corrected chi connectivity index (χ1v) is 4.75. The second-order valence-electron chi connectivity index (χ2n) is 3.20. The number of halogens is 1. The molecule has 0 spiro atoms. The molecule has 0 aliphatic carbocycles. The number of aliphatic hydroxyl groups is 1. The molecular formula is C9H15FN4O. The van der Waals surface area contributed by atoms with E-state index < -0.39 is 11.9 Å². The molecule has 0 saturated carbocycles. The van der Waals surface area contributed by atoms with E-state index in [0.717, 1.165) is 6.20 Å². The highest BCUT2D eigenvalue weighted by Gasteiger charge is 2.05. The number of aromatic nitrogens is 2. The number of nitrogens with zero attached hydrogens (tertiary/aromatic N) is 2. The predicted octanol–water partition coefficient (Wildman–Crippen LogP) is 0.840. The molecule has 6 heteroatoms. The van der Waals surface area contributed by atoms with Crippen molar-refractivity contribution in [2.45, 2.75) is 19.4 Å². The van der Waals surface area contributed by atoms with Crippen molar-refractivity contribution in [2.75, 3.05) is 24.2 Å². The fraction of sp³-hybridized carbons (Fsp3) is 0.556. The van der Waals surface area contributed by atoms with Crippen LogP contribution in [0.5, 0.6) is 0 Å². The largest absolute Gasteiger partial charge is 0.393 e. The highest BCUT2D eigenvalue weighted by atomic mass is 19.1. The quantitative estimate of drug-likeness (QED) is 0.677. The minimum absolute atomic E-state index is 0.148. The standard InChI is InChI=1S/C9H15FN4O/c1-6(15)3-4-12-8-7(10)5-13-9(11-2)14-8/h5-6,15H,3-4H2,1-2H3,(H2,11,12,13,14). The summed E-state index contributed by atoms with van der Waals surface area (Å²) in [7, 11) is 1.66. The number of hydrogen-bond donors (Lipinski definition) is 3. The molecule has 1 atom stereocenters. The van der Waals surface area contributed by atoms with Gasteiger partial charge < -0.3 is 15.7 Å². The Morgan fingerprint density at radius 1 is 1.60 bits per heavy atom. The average molecular weight is 214 g/mol. The van der Waals surface area contributed by atoms with E-state index in [2.05, 4.69) is 20.6 Å². The maximum atomic E-state index is 13.2. The zero-order valence-electron chi connectivity index (χ0n) is 8.79. The molecule has 1 aromatic heterocycles. The van der Waals surface area contributed by atoms with Crippen LogP contribution in [0.3, 0.4) is 0 Å². The van der Waals surface area contributed by atoms with Gasteiger partial charge in [0.05, 0.1) is 12.3 Å². The molecule has 0 aromatic carbocycles. The van der Waals surface area contributed by atoms with E-state index >= 15 is 0 Å².